The van der Waals surface area contributed by atoms with Crippen molar-refractivity contribution in [1.82, 2.24) is 20.2 Å². The van der Waals surface area contributed by atoms with E-state index in [4.69, 9.17) is 5.11 Å². The van der Waals surface area contributed by atoms with Crippen LogP contribution in [0.15, 0.2) is 17.2 Å². The molecule has 0 spiro atoms. The van der Waals surface area contributed by atoms with Crippen LogP contribution in [-0.4, -0.2) is 77.2 Å². The van der Waals surface area contributed by atoms with Crippen molar-refractivity contribution in [2.75, 3.05) is 38.5 Å². The second-order valence-corrected chi connectivity index (χ2v) is 6.58. The van der Waals surface area contributed by atoms with Gasteiger partial charge in [-0.25, -0.2) is 10.2 Å². The van der Waals surface area contributed by atoms with Crippen LogP contribution in [0.3, 0.4) is 0 Å². The van der Waals surface area contributed by atoms with Gasteiger partial charge in [-0.15, -0.1) is 0 Å². The zero-order chi connectivity index (χ0) is 19.1. The Bertz CT molecular complexity index is 987. The lowest BCUT2D eigenvalue weighted by Crippen LogP contribution is -2.47. The Labute approximate surface area is 153 Å². The highest BCUT2D eigenvalue weighted by Gasteiger charge is 2.28. The molecule has 3 heterocycles. The van der Waals surface area contributed by atoms with Crippen LogP contribution in [0.4, 0.5) is 10.5 Å². The van der Waals surface area contributed by atoms with Gasteiger partial charge in [0.1, 0.15) is 5.69 Å². The molecule has 0 radical (unpaired) electrons. The fourth-order valence-corrected chi connectivity index (χ4v) is 3.41. The summed E-state index contributed by atoms with van der Waals surface area (Å²) in [7, 11) is 2.01. The molecule has 10 nitrogen and oxygen atoms in total. The fourth-order valence-electron chi connectivity index (χ4n) is 3.41. The number of nitrogens with one attached hydrogen (secondary N) is 3. The van der Waals surface area contributed by atoms with E-state index in [2.05, 4.69) is 25.7 Å². The Hall–Kier alpha value is -3.40. The Balaban J connectivity index is 1.83. The number of rotatable bonds is 2. The van der Waals surface area contributed by atoms with Gasteiger partial charge in [0.25, 0.3) is 11.8 Å². The van der Waals surface area contributed by atoms with Crippen LogP contribution >= 0.6 is 0 Å². The number of aromatic nitrogens is 1. The second-order valence-electron chi connectivity index (χ2n) is 6.58. The Morgan fingerprint density at radius 2 is 1.96 bits per heavy atom. The summed E-state index contributed by atoms with van der Waals surface area (Å²) in [6.07, 6.45) is 0.202. The minimum atomic E-state index is -1.24. The van der Waals surface area contributed by atoms with E-state index in [1.165, 1.54) is 12.3 Å². The number of hydrogen-bond donors (Lipinski definition) is 4. The molecule has 0 aliphatic carbocycles. The van der Waals surface area contributed by atoms with Gasteiger partial charge in [-0.05, 0) is 19.2 Å². The van der Waals surface area contributed by atoms with Crippen molar-refractivity contribution in [3.63, 3.8) is 0 Å². The van der Waals surface area contributed by atoms with Crippen LogP contribution in [0.1, 0.15) is 26.4 Å². The van der Waals surface area contributed by atoms with Crippen molar-refractivity contribution < 1.29 is 19.5 Å². The highest BCUT2D eigenvalue weighted by atomic mass is 16.4. The van der Waals surface area contributed by atoms with E-state index < -0.39 is 12.0 Å². The Morgan fingerprint density at radius 1 is 1.22 bits per heavy atom. The first kappa shape index (κ1) is 17.0. The molecule has 1 saturated heterocycles. The average Bonchev–Trinajstić information content (AvgIpc) is 2.90. The van der Waals surface area contributed by atoms with Crippen LogP contribution < -0.4 is 10.7 Å². The summed E-state index contributed by atoms with van der Waals surface area (Å²) < 4.78 is 0. The smallest absolute Gasteiger partial charge is 0.409 e. The number of carbonyl (C=O) groups is 3. The number of anilines is 1. The van der Waals surface area contributed by atoms with E-state index in [0.29, 0.717) is 35.2 Å². The number of amides is 3. The molecule has 3 amide bonds. The maximum atomic E-state index is 13.0. The molecule has 2 aromatic rings. The van der Waals surface area contributed by atoms with E-state index in [-0.39, 0.29) is 17.2 Å². The second kappa shape index (κ2) is 6.40. The maximum Gasteiger partial charge on any atom is 0.409 e. The minimum absolute atomic E-state index is 0.172. The molecule has 10 heteroatoms. The number of hydrogen-bond acceptors (Lipinski definition) is 5. The number of carbonyl (C=O) groups excluding carboxylic acids is 2. The highest BCUT2D eigenvalue weighted by molar-refractivity contribution is 6.19. The van der Waals surface area contributed by atoms with E-state index in [9.17, 15) is 14.4 Å². The number of carboxylic acid groups (broad SMARTS) is 1. The number of nitrogens with zero attached hydrogens (tertiary/aromatic N) is 3. The minimum Gasteiger partial charge on any atom is -0.465 e. The number of likely N-dealkylation sites (N-methyl/N-ethyl adjacent to an activating group) is 1. The van der Waals surface area contributed by atoms with E-state index in [0.717, 1.165) is 13.1 Å². The molecule has 1 aromatic carbocycles. The molecular weight excluding hydrogens is 352 g/mol. The molecule has 1 aromatic heterocycles. The monoisotopic (exact) mass is 370 g/mol. The van der Waals surface area contributed by atoms with Crippen molar-refractivity contribution >= 4 is 40.7 Å². The van der Waals surface area contributed by atoms with Crippen LogP contribution in [0.5, 0.6) is 0 Å². The average molecular weight is 370 g/mol. The first-order chi connectivity index (χ1) is 12.9. The van der Waals surface area contributed by atoms with E-state index >= 15 is 0 Å². The van der Waals surface area contributed by atoms with Gasteiger partial charge in [-0.3, -0.25) is 14.9 Å². The molecule has 4 N–H and O–H groups in total. The van der Waals surface area contributed by atoms with Crippen LogP contribution in [0, 0.1) is 0 Å². The summed E-state index contributed by atoms with van der Waals surface area (Å²) in [5.41, 5.74) is 4.20. The van der Waals surface area contributed by atoms with E-state index in [1.54, 1.807) is 11.0 Å². The van der Waals surface area contributed by atoms with Gasteiger partial charge in [0, 0.05) is 48.3 Å². The molecule has 27 heavy (non-hydrogen) atoms. The van der Waals surface area contributed by atoms with Crippen LogP contribution in [0.25, 0.3) is 10.9 Å². The van der Waals surface area contributed by atoms with Crippen molar-refractivity contribution in [3.8, 4) is 0 Å². The van der Waals surface area contributed by atoms with Gasteiger partial charge in [-0.2, -0.15) is 5.10 Å². The molecule has 2 aliphatic rings. The van der Waals surface area contributed by atoms with Gasteiger partial charge < -0.3 is 19.9 Å². The standard InChI is InChI=1S/C17H18N6O4/c1-22-2-4-23(5-3-22)16(25)14-11-8-18-21-15(24)10-6-9(19-17(26)27)7-12(20-14)13(10)11/h6-8,19-20H,2-5H2,1H3,(H,21,24)(H,26,27). The van der Waals surface area contributed by atoms with Crippen LogP contribution in [0.2, 0.25) is 0 Å². The quantitative estimate of drug-likeness (QED) is 0.619. The van der Waals surface area contributed by atoms with Gasteiger partial charge in [0.2, 0.25) is 0 Å². The number of hydrazone groups is 1. The lowest BCUT2D eigenvalue weighted by molar-refractivity contribution is 0.0659. The third-order valence-electron chi connectivity index (χ3n) is 4.80. The number of piperazine rings is 1. The summed E-state index contributed by atoms with van der Waals surface area (Å²) in [5, 5.41) is 15.6. The lowest BCUT2D eigenvalue weighted by Gasteiger charge is -2.32. The van der Waals surface area contributed by atoms with Gasteiger partial charge >= 0.3 is 6.09 Å². The summed E-state index contributed by atoms with van der Waals surface area (Å²) in [6.45, 7) is 2.79. The molecule has 0 atom stereocenters. The number of benzene rings is 1. The number of aromatic amines is 1. The van der Waals surface area contributed by atoms with Crippen LogP contribution in [-0.2, 0) is 0 Å². The molecule has 0 unspecified atom stereocenters. The third kappa shape index (κ3) is 2.99. The summed E-state index contributed by atoms with van der Waals surface area (Å²) in [4.78, 5) is 43.3. The summed E-state index contributed by atoms with van der Waals surface area (Å²) in [6, 6.07) is 2.99. The SMILES string of the molecule is CN1CCN(C(=O)c2[nH]c3cc(NC(=O)O)cc4c3c2C=NNC4=O)CC1. The topological polar surface area (TPSA) is 130 Å². The first-order valence-corrected chi connectivity index (χ1v) is 8.45. The summed E-state index contributed by atoms with van der Waals surface area (Å²) >= 11 is 0. The molecule has 1 fully saturated rings. The van der Waals surface area contributed by atoms with Crippen molar-refractivity contribution in [3.05, 3.63) is 29.0 Å². The van der Waals surface area contributed by atoms with Crippen molar-refractivity contribution in [1.29, 1.82) is 0 Å². The molecule has 140 valence electrons. The zero-order valence-corrected chi connectivity index (χ0v) is 14.6. The largest absolute Gasteiger partial charge is 0.465 e. The molecule has 4 rings (SSSR count). The molecule has 0 saturated carbocycles. The predicted molar refractivity (Wildman–Crippen MR) is 98.4 cm³/mol. The molecular formula is C17H18N6O4. The molecule has 2 aliphatic heterocycles. The Kier molecular flexibility index (Phi) is 4.04. The third-order valence-corrected chi connectivity index (χ3v) is 4.80. The fraction of sp³-hybridized carbons (Fsp3) is 0.294. The zero-order valence-electron chi connectivity index (χ0n) is 14.6. The van der Waals surface area contributed by atoms with E-state index in [1.807, 2.05) is 7.05 Å². The number of H-pyrrole nitrogens is 1. The van der Waals surface area contributed by atoms with Crippen molar-refractivity contribution in [2.45, 2.75) is 0 Å². The first-order valence-electron chi connectivity index (χ1n) is 8.45. The van der Waals surface area contributed by atoms with Gasteiger partial charge in [0.15, 0.2) is 0 Å². The molecule has 0 bridgehead atoms. The maximum absolute atomic E-state index is 13.0. The highest BCUT2D eigenvalue weighted by Crippen LogP contribution is 2.30. The lowest BCUT2D eigenvalue weighted by atomic mass is 10.0. The summed E-state index contributed by atoms with van der Waals surface area (Å²) in [5.74, 6) is -0.643. The normalized spacial score (nSPS) is 16.9. The predicted octanol–water partition coefficient (Wildman–Crippen LogP) is 0.723. The van der Waals surface area contributed by atoms with Gasteiger partial charge in [0.05, 0.1) is 11.8 Å². The van der Waals surface area contributed by atoms with Crippen molar-refractivity contribution in [2.24, 2.45) is 5.10 Å². The Morgan fingerprint density at radius 3 is 2.67 bits per heavy atom. The van der Waals surface area contributed by atoms with Gasteiger partial charge in [-0.1, -0.05) is 0 Å².